The third-order valence-electron chi connectivity index (χ3n) is 2.73. The number of hydrogen-bond donors (Lipinski definition) is 2. The molecule has 0 amide bonds. The van der Waals surface area contributed by atoms with Crippen LogP contribution in [0.15, 0.2) is 0 Å². The standard InChI is InChI=1S/C11H25N3O/c1-5-10(7-11(12)13)14(6-2)9(3)8-15-4/h9-10H,5-8H2,1-4H3,(H3,12,13). The van der Waals surface area contributed by atoms with E-state index in [1.165, 1.54) is 0 Å². The van der Waals surface area contributed by atoms with E-state index in [0.717, 1.165) is 19.6 Å². The molecule has 2 atom stereocenters. The van der Waals surface area contributed by atoms with Crippen LogP contribution in [-0.2, 0) is 4.74 Å². The van der Waals surface area contributed by atoms with Gasteiger partial charge in [0.1, 0.15) is 0 Å². The van der Waals surface area contributed by atoms with Crippen LogP contribution in [0.1, 0.15) is 33.6 Å². The van der Waals surface area contributed by atoms with E-state index in [1.54, 1.807) is 7.11 Å². The summed E-state index contributed by atoms with van der Waals surface area (Å²) in [6.07, 6.45) is 1.67. The van der Waals surface area contributed by atoms with Crippen LogP contribution < -0.4 is 5.73 Å². The van der Waals surface area contributed by atoms with Crippen LogP contribution >= 0.6 is 0 Å². The van der Waals surface area contributed by atoms with Gasteiger partial charge in [0, 0.05) is 25.6 Å². The molecule has 90 valence electrons. The van der Waals surface area contributed by atoms with Crippen LogP contribution in [0.2, 0.25) is 0 Å². The average Bonchev–Trinajstić information content (AvgIpc) is 2.17. The van der Waals surface area contributed by atoms with Gasteiger partial charge in [0.15, 0.2) is 0 Å². The third kappa shape index (κ3) is 5.14. The normalized spacial score (nSPS) is 15.3. The van der Waals surface area contributed by atoms with E-state index in [2.05, 4.69) is 25.7 Å². The van der Waals surface area contributed by atoms with Crippen LogP contribution in [0.3, 0.4) is 0 Å². The van der Waals surface area contributed by atoms with Gasteiger partial charge in [-0.25, -0.2) is 0 Å². The van der Waals surface area contributed by atoms with Crippen LogP contribution in [0.4, 0.5) is 0 Å². The summed E-state index contributed by atoms with van der Waals surface area (Å²) in [5.41, 5.74) is 5.46. The Morgan fingerprint density at radius 1 is 1.47 bits per heavy atom. The summed E-state index contributed by atoms with van der Waals surface area (Å²) in [7, 11) is 1.72. The van der Waals surface area contributed by atoms with Gasteiger partial charge in [-0.15, -0.1) is 0 Å². The highest BCUT2D eigenvalue weighted by molar-refractivity contribution is 5.77. The van der Waals surface area contributed by atoms with Crippen molar-refractivity contribution in [2.24, 2.45) is 5.73 Å². The molecule has 15 heavy (non-hydrogen) atoms. The molecule has 0 saturated heterocycles. The highest BCUT2D eigenvalue weighted by Crippen LogP contribution is 2.12. The van der Waals surface area contributed by atoms with E-state index in [4.69, 9.17) is 15.9 Å². The molecule has 4 heteroatoms. The largest absolute Gasteiger partial charge is 0.388 e. The third-order valence-corrected chi connectivity index (χ3v) is 2.73. The molecule has 3 N–H and O–H groups in total. The molecule has 0 aromatic carbocycles. The van der Waals surface area contributed by atoms with Gasteiger partial charge < -0.3 is 10.5 Å². The van der Waals surface area contributed by atoms with Crippen molar-refractivity contribution in [3.05, 3.63) is 0 Å². The minimum atomic E-state index is 0.268. The maximum Gasteiger partial charge on any atom is 0.0921 e. The lowest BCUT2D eigenvalue weighted by Gasteiger charge is -2.34. The molecular formula is C11H25N3O. The summed E-state index contributed by atoms with van der Waals surface area (Å²) < 4.78 is 5.16. The number of amidine groups is 1. The van der Waals surface area contributed by atoms with Crippen LogP contribution in [0.25, 0.3) is 0 Å². The molecule has 0 aliphatic heterocycles. The van der Waals surface area contributed by atoms with Crippen LogP contribution in [0.5, 0.6) is 0 Å². The van der Waals surface area contributed by atoms with Crippen molar-refractivity contribution in [3.63, 3.8) is 0 Å². The van der Waals surface area contributed by atoms with Crippen molar-refractivity contribution in [1.82, 2.24) is 4.90 Å². The highest BCUT2D eigenvalue weighted by atomic mass is 16.5. The molecule has 2 unspecified atom stereocenters. The molecule has 0 aliphatic rings. The second-order valence-electron chi connectivity index (χ2n) is 3.93. The zero-order chi connectivity index (χ0) is 11.8. The first kappa shape index (κ1) is 14.4. The van der Waals surface area contributed by atoms with Crippen molar-refractivity contribution >= 4 is 5.84 Å². The molecule has 0 saturated carbocycles. The number of nitrogens with two attached hydrogens (primary N) is 1. The quantitative estimate of drug-likeness (QED) is 0.476. The van der Waals surface area contributed by atoms with Gasteiger partial charge in [-0.3, -0.25) is 10.3 Å². The van der Waals surface area contributed by atoms with Crippen molar-refractivity contribution in [2.75, 3.05) is 20.3 Å². The Hall–Kier alpha value is -0.610. The summed E-state index contributed by atoms with van der Waals surface area (Å²) in [5.74, 6) is 0.268. The van der Waals surface area contributed by atoms with Crippen LogP contribution in [-0.4, -0.2) is 43.1 Å². The molecule has 0 aromatic heterocycles. The summed E-state index contributed by atoms with van der Waals surface area (Å²) in [5, 5.41) is 7.36. The second-order valence-corrected chi connectivity index (χ2v) is 3.93. The van der Waals surface area contributed by atoms with E-state index >= 15 is 0 Å². The number of likely N-dealkylation sites (N-methyl/N-ethyl adjacent to an activating group) is 1. The molecule has 4 nitrogen and oxygen atoms in total. The zero-order valence-corrected chi connectivity index (χ0v) is 10.4. The molecule has 0 radical (unpaired) electrons. The van der Waals surface area contributed by atoms with Crippen molar-refractivity contribution in [3.8, 4) is 0 Å². The first-order valence-corrected chi connectivity index (χ1v) is 5.64. The zero-order valence-electron chi connectivity index (χ0n) is 10.4. The van der Waals surface area contributed by atoms with Crippen molar-refractivity contribution < 1.29 is 4.74 Å². The molecular weight excluding hydrogens is 190 g/mol. The molecule has 0 aliphatic carbocycles. The maximum atomic E-state index is 7.36. The first-order chi connectivity index (χ1) is 7.06. The van der Waals surface area contributed by atoms with Gasteiger partial charge in [0.25, 0.3) is 0 Å². The molecule has 0 rings (SSSR count). The first-order valence-electron chi connectivity index (χ1n) is 5.64. The van der Waals surface area contributed by atoms with E-state index in [-0.39, 0.29) is 5.84 Å². The fraction of sp³-hybridized carbons (Fsp3) is 0.909. The Labute approximate surface area is 93.3 Å². The van der Waals surface area contributed by atoms with Crippen molar-refractivity contribution in [1.29, 1.82) is 5.41 Å². The Kier molecular flexibility index (Phi) is 7.34. The summed E-state index contributed by atoms with van der Waals surface area (Å²) in [4.78, 5) is 2.35. The molecule has 0 spiro atoms. The Balaban J connectivity index is 4.37. The van der Waals surface area contributed by atoms with Gasteiger partial charge in [-0.05, 0) is 19.9 Å². The Bertz CT molecular complexity index is 185. The van der Waals surface area contributed by atoms with E-state index in [0.29, 0.717) is 18.5 Å². The number of nitrogens with zero attached hydrogens (tertiary/aromatic N) is 1. The predicted octanol–water partition coefficient (Wildman–Crippen LogP) is 1.45. The lowest BCUT2D eigenvalue weighted by Crippen LogP contribution is -2.45. The SMILES string of the molecule is CCC(CC(=N)N)N(CC)C(C)COC. The maximum absolute atomic E-state index is 7.36. The van der Waals surface area contributed by atoms with E-state index in [9.17, 15) is 0 Å². The van der Waals surface area contributed by atoms with Crippen molar-refractivity contribution in [2.45, 2.75) is 45.7 Å². The number of rotatable bonds is 8. The molecule has 0 aromatic rings. The summed E-state index contributed by atoms with van der Waals surface area (Å²) in [6.45, 7) is 8.11. The molecule has 0 bridgehead atoms. The lowest BCUT2D eigenvalue weighted by molar-refractivity contribution is 0.0735. The number of nitrogens with one attached hydrogen (secondary N) is 1. The Morgan fingerprint density at radius 3 is 2.40 bits per heavy atom. The summed E-state index contributed by atoms with van der Waals surface area (Å²) >= 11 is 0. The smallest absolute Gasteiger partial charge is 0.0921 e. The van der Waals surface area contributed by atoms with Gasteiger partial charge in [-0.1, -0.05) is 13.8 Å². The summed E-state index contributed by atoms with van der Waals surface area (Å²) in [6, 6.07) is 0.738. The Morgan fingerprint density at radius 2 is 2.07 bits per heavy atom. The fourth-order valence-corrected chi connectivity index (χ4v) is 2.02. The fourth-order valence-electron chi connectivity index (χ4n) is 2.02. The minimum absolute atomic E-state index is 0.268. The topological polar surface area (TPSA) is 62.3 Å². The van der Waals surface area contributed by atoms with Gasteiger partial charge in [-0.2, -0.15) is 0 Å². The predicted molar refractivity (Wildman–Crippen MR) is 64.3 cm³/mol. The monoisotopic (exact) mass is 215 g/mol. The van der Waals surface area contributed by atoms with Gasteiger partial charge >= 0.3 is 0 Å². The number of hydrogen-bond acceptors (Lipinski definition) is 3. The highest BCUT2D eigenvalue weighted by Gasteiger charge is 2.21. The average molecular weight is 215 g/mol. The van der Waals surface area contributed by atoms with Gasteiger partial charge in [0.2, 0.25) is 0 Å². The second kappa shape index (κ2) is 7.65. The number of ether oxygens (including phenoxy) is 1. The van der Waals surface area contributed by atoms with Gasteiger partial charge in [0.05, 0.1) is 12.4 Å². The minimum Gasteiger partial charge on any atom is -0.388 e. The molecule has 0 heterocycles. The van der Waals surface area contributed by atoms with E-state index < -0.39 is 0 Å². The van der Waals surface area contributed by atoms with E-state index in [1.807, 2.05) is 0 Å². The van der Waals surface area contributed by atoms with Crippen LogP contribution in [0, 0.1) is 5.41 Å². The lowest BCUT2D eigenvalue weighted by atomic mass is 10.1. The number of methoxy groups -OCH3 is 1. The molecule has 0 fully saturated rings.